The van der Waals surface area contributed by atoms with E-state index in [1.165, 1.54) is 11.3 Å². The summed E-state index contributed by atoms with van der Waals surface area (Å²) in [6, 6.07) is 17.4. The minimum absolute atomic E-state index is 0.0541. The number of para-hydroxylation sites is 1. The van der Waals surface area contributed by atoms with Crippen LogP contribution in [-0.4, -0.2) is 22.8 Å². The van der Waals surface area contributed by atoms with E-state index in [0.29, 0.717) is 11.7 Å². The van der Waals surface area contributed by atoms with E-state index in [0.717, 1.165) is 28.5 Å². The Hall–Kier alpha value is -2.21. The van der Waals surface area contributed by atoms with Gasteiger partial charge in [-0.1, -0.05) is 48.0 Å². The van der Waals surface area contributed by atoms with Gasteiger partial charge < -0.3 is 0 Å². The molecule has 1 aromatic heterocycles. The average molecular weight is 386 g/mol. The van der Waals surface area contributed by atoms with Crippen molar-refractivity contribution >= 4 is 39.7 Å². The molecule has 0 aliphatic rings. The first kappa shape index (κ1) is 18.6. The fourth-order valence-electron chi connectivity index (χ4n) is 2.73. The highest BCUT2D eigenvalue weighted by molar-refractivity contribution is 7.14. The van der Waals surface area contributed by atoms with Gasteiger partial charge in [0.15, 0.2) is 5.13 Å². The van der Waals surface area contributed by atoms with E-state index in [1.807, 2.05) is 67.0 Å². The number of thiazole rings is 1. The zero-order valence-electron chi connectivity index (χ0n) is 14.7. The Kier molecular flexibility index (Phi) is 6.04. The SMILES string of the molecule is CC(=O)N(c1ccccc1)c1nc(CN(C)Cc2ccccc2Cl)cs1. The molecule has 2 aromatic carbocycles. The Balaban J connectivity index is 1.72. The molecule has 1 amide bonds. The number of halogens is 1. The Labute approximate surface area is 162 Å². The highest BCUT2D eigenvalue weighted by Crippen LogP contribution is 2.29. The zero-order chi connectivity index (χ0) is 18.5. The summed E-state index contributed by atoms with van der Waals surface area (Å²) in [5.74, 6) is -0.0541. The van der Waals surface area contributed by atoms with E-state index < -0.39 is 0 Å². The van der Waals surface area contributed by atoms with E-state index in [-0.39, 0.29) is 5.91 Å². The van der Waals surface area contributed by atoms with E-state index in [9.17, 15) is 4.79 Å². The number of hydrogen-bond donors (Lipinski definition) is 0. The molecule has 1 heterocycles. The quantitative estimate of drug-likeness (QED) is 0.591. The molecule has 134 valence electrons. The van der Waals surface area contributed by atoms with E-state index in [2.05, 4.69) is 9.88 Å². The highest BCUT2D eigenvalue weighted by atomic mass is 35.5. The third kappa shape index (κ3) is 4.49. The van der Waals surface area contributed by atoms with Crippen LogP contribution in [0.1, 0.15) is 18.2 Å². The normalized spacial score (nSPS) is 10.9. The van der Waals surface area contributed by atoms with Gasteiger partial charge >= 0.3 is 0 Å². The summed E-state index contributed by atoms with van der Waals surface area (Å²) in [7, 11) is 2.03. The van der Waals surface area contributed by atoms with Crippen molar-refractivity contribution in [3.8, 4) is 0 Å². The van der Waals surface area contributed by atoms with Crippen LogP contribution in [0.25, 0.3) is 0 Å². The van der Waals surface area contributed by atoms with Gasteiger partial charge in [0.05, 0.1) is 11.4 Å². The van der Waals surface area contributed by atoms with Crippen molar-refractivity contribution in [2.45, 2.75) is 20.0 Å². The molecule has 0 aliphatic heterocycles. The minimum Gasteiger partial charge on any atom is -0.296 e. The van der Waals surface area contributed by atoms with Crippen molar-refractivity contribution in [3.63, 3.8) is 0 Å². The number of amides is 1. The smallest absolute Gasteiger partial charge is 0.230 e. The van der Waals surface area contributed by atoms with Crippen LogP contribution in [0.2, 0.25) is 5.02 Å². The topological polar surface area (TPSA) is 36.4 Å². The second-order valence-electron chi connectivity index (χ2n) is 6.08. The molecule has 0 radical (unpaired) electrons. The van der Waals surface area contributed by atoms with Crippen molar-refractivity contribution < 1.29 is 4.79 Å². The highest BCUT2D eigenvalue weighted by Gasteiger charge is 2.18. The maximum absolute atomic E-state index is 12.1. The maximum Gasteiger partial charge on any atom is 0.230 e. The number of aromatic nitrogens is 1. The van der Waals surface area contributed by atoms with Crippen LogP contribution < -0.4 is 4.90 Å². The van der Waals surface area contributed by atoms with Crippen LogP contribution in [0.15, 0.2) is 60.0 Å². The monoisotopic (exact) mass is 385 g/mol. The van der Waals surface area contributed by atoms with Crippen molar-refractivity contribution in [1.29, 1.82) is 0 Å². The van der Waals surface area contributed by atoms with Crippen LogP contribution in [0.5, 0.6) is 0 Å². The van der Waals surface area contributed by atoms with Gasteiger partial charge in [-0.25, -0.2) is 4.98 Å². The second kappa shape index (κ2) is 8.45. The number of rotatable bonds is 6. The Morgan fingerprint density at radius 2 is 1.77 bits per heavy atom. The Morgan fingerprint density at radius 3 is 2.46 bits per heavy atom. The molecule has 4 nitrogen and oxygen atoms in total. The number of benzene rings is 2. The summed E-state index contributed by atoms with van der Waals surface area (Å²) in [6.07, 6.45) is 0. The Bertz CT molecular complexity index is 882. The van der Waals surface area contributed by atoms with Gasteiger partial charge in [-0.05, 0) is 30.8 Å². The predicted molar refractivity (Wildman–Crippen MR) is 108 cm³/mol. The second-order valence-corrected chi connectivity index (χ2v) is 7.32. The van der Waals surface area contributed by atoms with Crippen LogP contribution in [-0.2, 0) is 17.9 Å². The van der Waals surface area contributed by atoms with Crippen molar-refractivity contribution in [3.05, 3.63) is 76.3 Å². The number of carbonyl (C=O) groups is 1. The molecule has 0 saturated carbocycles. The number of anilines is 2. The molecule has 3 rings (SSSR count). The lowest BCUT2D eigenvalue weighted by atomic mass is 10.2. The molecule has 26 heavy (non-hydrogen) atoms. The van der Waals surface area contributed by atoms with Gasteiger partial charge in [-0.15, -0.1) is 11.3 Å². The fourth-order valence-corrected chi connectivity index (χ4v) is 3.80. The molecule has 0 fully saturated rings. The lowest BCUT2D eigenvalue weighted by Gasteiger charge is -2.18. The number of nitrogens with zero attached hydrogens (tertiary/aromatic N) is 3. The zero-order valence-corrected chi connectivity index (χ0v) is 16.3. The molecule has 0 N–H and O–H groups in total. The van der Waals surface area contributed by atoms with Crippen LogP contribution in [0.3, 0.4) is 0 Å². The predicted octanol–water partition coefficient (Wildman–Crippen LogP) is 5.11. The van der Waals surface area contributed by atoms with Crippen LogP contribution >= 0.6 is 22.9 Å². The number of carbonyl (C=O) groups excluding carboxylic acids is 1. The fraction of sp³-hybridized carbons (Fsp3) is 0.200. The van der Waals surface area contributed by atoms with Gasteiger partial charge in [0.1, 0.15) is 0 Å². The molecule has 0 saturated heterocycles. The third-order valence-electron chi connectivity index (χ3n) is 3.89. The standard InChI is InChI=1S/C20H20ClN3OS/c1-15(25)24(18-9-4-3-5-10-18)20-22-17(14-26-20)13-23(2)12-16-8-6-7-11-19(16)21/h3-11,14H,12-13H2,1-2H3. The third-order valence-corrected chi connectivity index (χ3v) is 5.13. The van der Waals surface area contributed by atoms with E-state index in [1.54, 1.807) is 11.8 Å². The molecule has 0 atom stereocenters. The lowest BCUT2D eigenvalue weighted by molar-refractivity contribution is -0.115. The first-order valence-corrected chi connectivity index (χ1v) is 9.52. The summed E-state index contributed by atoms with van der Waals surface area (Å²) >= 11 is 7.71. The summed E-state index contributed by atoms with van der Waals surface area (Å²) in [5, 5.41) is 3.45. The summed E-state index contributed by atoms with van der Waals surface area (Å²) in [5.41, 5.74) is 2.84. The maximum atomic E-state index is 12.1. The largest absolute Gasteiger partial charge is 0.296 e. The van der Waals surface area contributed by atoms with Crippen molar-refractivity contribution in [1.82, 2.24) is 9.88 Å². The Morgan fingerprint density at radius 1 is 1.08 bits per heavy atom. The van der Waals surface area contributed by atoms with Crippen molar-refractivity contribution in [2.24, 2.45) is 0 Å². The first-order valence-electron chi connectivity index (χ1n) is 8.26. The molecular weight excluding hydrogens is 366 g/mol. The van der Waals surface area contributed by atoms with Gasteiger partial charge in [0.2, 0.25) is 5.91 Å². The summed E-state index contributed by atoms with van der Waals surface area (Å²) in [4.78, 5) is 20.6. The van der Waals surface area contributed by atoms with Gasteiger partial charge in [0.25, 0.3) is 0 Å². The van der Waals surface area contributed by atoms with Crippen molar-refractivity contribution in [2.75, 3.05) is 11.9 Å². The van der Waals surface area contributed by atoms with E-state index in [4.69, 9.17) is 11.6 Å². The summed E-state index contributed by atoms with van der Waals surface area (Å²) in [6.45, 7) is 2.97. The van der Waals surface area contributed by atoms with Gasteiger partial charge in [-0.2, -0.15) is 0 Å². The van der Waals surface area contributed by atoms with E-state index >= 15 is 0 Å². The molecule has 6 heteroatoms. The molecule has 0 aliphatic carbocycles. The molecule has 3 aromatic rings. The lowest BCUT2D eigenvalue weighted by Crippen LogP contribution is -2.23. The van der Waals surface area contributed by atoms with Crippen LogP contribution in [0, 0.1) is 0 Å². The minimum atomic E-state index is -0.0541. The molecule has 0 bridgehead atoms. The molecular formula is C20H20ClN3OS. The first-order chi connectivity index (χ1) is 12.5. The number of hydrogen-bond acceptors (Lipinski definition) is 4. The van der Waals surface area contributed by atoms with Crippen LogP contribution in [0.4, 0.5) is 10.8 Å². The average Bonchev–Trinajstić information content (AvgIpc) is 3.05. The molecule has 0 unspecified atom stereocenters. The van der Waals surface area contributed by atoms with Gasteiger partial charge in [0, 0.05) is 30.4 Å². The summed E-state index contributed by atoms with van der Waals surface area (Å²) < 4.78 is 0. The van der Waals surface area contributed by atoms with Gasteiger partial charge in [-0.3, -0.25) is 14.6 Å². The molecule has 0 spiro atoms.